The Kier molecular flexibility index (Phi) is 10.8. The van der Waals surface area contributed by atoms with E-state index >= 15 is 0 Å². The van der Waals surface area contributed by atoms with Crippen molar-refractivity contribution in [2.45, 2.75) is 66.3 Å². The monoisotopic (exact) mass is 499 g/mol. The van der Waals surface area contributed by atoms with E-state index in [4.69, 9.17) is 4.74 Å². The zero-order valence-electron chi connectivity index (χ0n) is 20.8. The van der Waals surface area contributed by atoms with Crippen LogP contribution in [0.5, 0.6) is 0 Å². The summed E-state index contributed by atoms with van der Waals surface area (Å²) >= 11 is 1.71. The highest BCUT2D eigenvalue weighted by Crippen LogP contribution is 2.26. The molecular formula is C26H33N3O5S. The first-order valence-electron chi connectivity index (χ1n) is 11.4. The normalized spacial score (nSPS) is 12.3. The van der Waals surface area contributed by atoms with E-state index in [9.17, 15) is 19.5 Å². The molecule has 9 heteroatoms. The van der Waals surface area contributed by atoms with Gasteiger partial charge in [-0.25, -0.2) is 9.13 Å². The summed E-state index contributed by atoms with van der Waals surface area (Å²) in [7, 11) is 0. The maximum absolute atomic E-state index is 12.5. The largest absolute Gasteiger partial charge is 0.542 e. The van der Waals surface area contributed by atoms with Gasteiger partial charge in [-0.15, -0.1) is 11.3 Å². The minimum atomic E-state index is -1.63. The molecule has 2 atom stereocenters. The lowest BCUT2D eigenvalue weighted by atomic mass is 10.1. The molecule has 1 amide bonds. The average Bonchev–Trinajstić information content (AvgIpc) is 3.48. The Morgan fingerprint density at radius 3 is 2.54 bits per heavy atom. The second-order valence-electron chi connectivity index (χ2n) is 8.35. The molecule has 8 nitrogen and oxygen atoms in total. The standard InChI is InChI=1S/C23H29N3O2S.C3H4O3/c1-5-19(4)28-21(22-7-6-12-29-22)14-25-10-11-26(16-25)15-23(27)24-20-13-17(2)8-9-18(20)3;1-2(4)3(5)6/h6-13,16,19,21H,5,14-15H2,1-4H3;1H3,(H,5,6). The highest BCUT2D eigenvalue weighted by molar-refractivity contribution is 7.10. The molecule has 0 saturated carbocycles. The van der Waals surface area contributed by atoms with Gasteiger partial charge in [0.05, 0.1) is 6.10 Å². The van der Waals surface area contributed by atoms with Crippen molar-refractivity contribution < 1.29 is 28.8 Å². The van der Waals surface area contributed by atoms with Crippen LogP contribution < -0.4 is 15.0 Å². The van der Waals surface area contributed by atoms with Crippen LogP contribution in [0.4, 0.5) is 5.69 Å². The van der Waals surface area contributed by atoms with Gasteiger partial charge in [-0.05, 0) is 55.8 Å². The summed E-state index contributed by atoms with van der Waals surface area (Å²) in [6, 6.07) is 10.2. The number of carbonyl (C=O) groups is 3. The molecule has 1 aromatic carbocycles. The number of ketones is 1. The second-order valence-corrected chi connectivity index (χ2v) is 9.33. The number of nitrogens with zero attached hydrogens (tertiary/aromatic N) is 2. The molecule has 188 valence electrons. The van der Waals surface area contributed by atoms with Crippen LogP contribution in [0.15, 0.2) is 54.4 Å². The minimum absolute atomic E-state index is 0.00886. The van der Waals surface area contributed by atoms with E-state index < -0.39 is 11.8 Å². The fourth-order valence-corrected chi connectivity index (χ4v) is 3.86. The van der Waals surface area contributed by atoms with Crippen LogP contribution in [0, 0.1) is 13.8 Å². The number of hydrogen-bond acceptors (Lipinski definition) is 6. The number of rotatable bonds is 10. The highest BCUT2D eigenvalue weighted by atomic mass is 32.1. The van der Waals surface area contributed by atoms with E-state index in [1.807, 2.05) is 55.3 Å². The lowest BCUT2D eigenvalue weighted by Gasteiger charge is -2.19. The van der Waals surface area contributed by atoms with Crippen molar-refractivity contribution in [2.75, 3.05) is 5.32 Å². The number of carbonyl (C=O) groups excluding carboxylic acids is 3. The number of benzene rings is 1. The molecule has 2 aromatic heterocycles. The molecule has 0 radical (unpaired) electrons. The third kappa shape index (κ3) is 9.46. The van der Waals surface area contributed by atoms with E-state index in [1.54, 1.807) is 11.3 Å². The van der Waals surface area contributed by atoms with Gasteiger partial charge in [-0.1, -0.05) is 25.1 Å². The summed E-state index contributed by atoms with van der Waals surface area (Å²) in [5, 5.41) is 14.3. The van der Waals surface area contributed by atoms with Gasteiger partial charge in [0, 0.05) is 17.5 Å². The Bertz CT molecular complexity index is 1110. The van der Waals surface area contributed by atoms with E-state index in [2.05, 4.69) is 41.2 Å². The van der Waals surface area contributed by atoms with Crippen LogP contribution in [0.2, 0.25) is 0 Å². The van der Waals surface area contributed by atoms with E-state index in [1.165, 1.54) is 4.88 Å². The highest BCUT2D eigenvalue weighted by Gasteiger charge is 2.20. The zero-order valence-corrected chi connectivity index (χ0v) is 21.6. The number of Topliss-reactive ketones (excluding diaryl/α,β-unsaturated/α-hetero) is 1. The Balaban J connectivity index is 0.000000641. The van der Waals surface area contributed by atoms with Gasteiger partial charge in [-0.3, -0.25) is 9.59 Å². The van der Waals surface area contributed by atoms with Gasteiger partial charge in [-0.2, -0.15) is 0 Å². The number of imidazole rings is 1. The number of amides is 1. The predicted octanol–water partition coefficient (Wildman–Crippen LogP) is 2.97. The number of anilines is 1. The molecule has 35 heavy (non-hydrogen) atoms. The van der Waals surface area contributed by atoms with Gasteiger partial charge < -0.3 is 20.0 Å². The number of hydrogen-bond donors (Lipinski definition) is 1. The molecule has 3 rings (SSSR count). The third-order valence-electron chi connectivity index (χ3n) is 5.24. The molecule has 0 aliphatic carbocycles. The molecule has 2 heterocycles. The maximum atomic E-state index is 12.5. The summed E-state index contributed by atoms with van der Waals surface area (Å²) in [6.07, 6.45) is 7.07. The van der Waals surface area contributed by atoms with Gasteiger partial charge in [0.2, 0.25) is 6.33 Å². The van der Waals surface area contributed by atoms with Crippen LogP contribution in [-0.4, -0.2) is 28.3 Å². The van der Waals surface area contributed by atoms with Gasteiger partial charge >= 0.3 is 0 Å². The van der Waals surface area contributed by atoms with Crippen molar-refractivity contribution in [3.63, 3.8) is 0 Å². The van der Waals surface area contributed by atoms with E-state index in [0.29, 0.717) is 0 Å². The van der Waals surface area contributed by atoms with Crippen LogP contribution in [0.1, 0.15) is 49.3 Å². The van der Waals surface area contributed by atoms with Crippen LogP contribution in [0.3, 0.4) is 0 Å². The Labute approximate surface area is 210 Å². The summed E-state index contributed by atoms with van der Waals surface area (Å²) in [5.74, 6) is -2.60. The Hall–Kier alpha value is -3.30. The smallest absolute Gasteiger partial charge is 0.266 e. The Morgan fingerprint density at radius 2 is 1.94 bits per heavy atom. The fraction of sp³-hybridized carbons (Fsp3) is 0.385. The summed E-state index contributed by atoms with van der Waals surface area (Å²) in [6.45, 7) is 10.2. The number of carboxylic acids is 1. The molecule has 0 fully saturated rings. The minimum Gasteiger partial charge on any atom is -0.542 e. The van der Waals surface area contributed by atoms with Crippen molar-refractivity contribution in [1.82, 2.24) is 4.57 Å². The van der Waals surface area contributed by atoms with Crippen LogP contribution in [0.25, 0.3) is 0 Å². The van der Waals surface area contributed by atoms with Gasteiger partial charge in [0.15, 0.2) is 12.3 Å². The number of carboxylic acid groups (broad SMARTS) is 1. The molecular weight excluding hydrogens is 466 g/mol. The Morgan fingerprint density at radius 1 is 1.23 bits per heavy atom. The SMILES string of the molecule is CC(=O)C(=O)[O-].CCC(C)OC(Cn1cc[n+](CC(=O)Nc2cc(C)ccc2C)c1)c1cccs1. The summed E-state index contributed by atoms with van der Waals surface area (Å²) < 4.78 is 10.2. The summed E-state index contributed by atoms with van der Waals surface area (Å²) in [4.78, 5) is 32.4. The number of aliphatic carboxylic acids is 1. The van der Waals surface area contributed by atoms with Crippen molar-refractivity contribution in [3.8, 4) is 0 Å². The molecule has 3 aromatic rings. The fourth-order valence-electron chi connectivity index (χ4n) is 3.11. The average molecular weight is 500 g/mol. The van der Waals surface area contributed by atoms with Crippen LogP contribution >= 0.6 is 11.3 Å². The molecule has 0 saturated heterocycles. The quantitative estimate of drug-likeness (QED) is 0.341. The van der Waals surface area contributed by atoms with E-state index in [0.717, 1.165) is 36.7 Å². The number of thiophene rings is 1. The lowest BCUT2D eigenvalue weighted by molar-refractivity contribution is -0.683. The topological polar surface area (TPSA) is 104 Å². The second kappa shape index (κ2) is 13.6. The van der Waals surface area contributed by atoms with E-state index in [-0.39, 0.29) is 24.7 Å². The summed E-state index contributed by atoms with van der Waals surface area (Å²) in [5.41, 5.74) is 3.06. The van der Waals surface area contributed by atoms with Crippen molar-refractivity contribution >= 4 is 34.7 Å². The molecule has 0 aliphatic rings. The lowest BCUT2D eigenvalue weighted by Crippen LogP contribution is -2.38. The third-order valence-corrected chi connectivity index (χ3v) is 6.20. The number of nitrogens with one attached hydrogen (secondary N) is 1. The van der Waals surface area contributed by atoms with Crippen molar-refractivity contribution in [2.24, 2.45) is 0 Å². The number of aromatic nitrogens is 2. The first-order chi connectivity index (χ1) is 16.6. The van der Waals surface area contributed by atoms with Crippen molar-refractivity contribution in [1.29, 1.82) is 0 Å². The molecule has 0 bridgehead atoms. The molecule has 0 aliphatic heterocycles. The number of ether oxygens (including phenoxy) is 1. The maximum Gasteiger partial charge on any atom is 0.266 e. The van der Waals surface area contributed by atoms with Gasteiger partial charge in [0.1, 0.15) is 31.0 Å². The van der Waals surface area contributed by atoms with Crippen LogP contribution in [-0.2, 0) is 32.2 Å². The molecule has 1 N–H and O–H groups in total. The van der Waals surface area contributed by atoms with Gasteiger partial charge in [0.25, 0.3) is 5.91 Å². The predicted molar refractivity (Wildman–Crippen MR) is 133 cm³/mol. The first kappa shape index (κ1) is 27.9. The zero-order chi connectivity index (χ0) is 26.0. The van der Waals surface area contributed by atoms with Crippen molar-refractivity contribution in [3.05, 3.63) is 70.4 Å². The molecule has 2 unspecified atom stereocenters. The number of aryl methyl sites for hydroxylation is 2. The first-order valence-corrected chi connectivity index (χ1v) is 12.3. The molecule has 0 spiro atoms.